The maximum Gasteiger partial charge on any atom is 0.323 e. The summed E-state index contributed by atoms with van der Waals surface area (Å²) < 4.78 is 17.2. The highest BCUT2D eigenvalue weighted by molar-refractivity contribution is 9.10. The highest BCUT2D eigenvalue weighted by Crippen LogP contribution is 2.37. The molecular weight excluding hydrogens is 469 g/mol. The highest BCUT2D eigenvalue weighted by Gasteiger charge is 2.33. The van der Waals surface area contributed by atoms with Gasteiger partial charge in [0.25, 0.3) is 0 Å². The lowest BCUT2D eigenvalue weighted by Gasteiger charge is -2.31. The van der Waals surface area contributed by atoms with Crippen molar-refractivity contribution in [1.29, 1.82) is 0 Å². The molecule has 0 bridgehead atoms. The van der Waals surface area contributed by atoms with Crippen molar-refractivity contribution in [3.63, 3.8) is 0 Å². The average Bonchev–Trinajstić information content (AvgIpc) is 3.21. The Kier molecular flexibility index (Phi) is 5.31. The Balaban J connectivity index is 1.62. The summed E-state index contributed by atoms with van der Waals surface area (Å²) in [4.78, 5) is 15.3. The van der Waals surface area contributed by atoms with E-state index in [1.54, 1.807) is 17.0 Å². The number of nitrogens with zero attached hydrogens (tertiary/aromatic N) is 2. The van der Waals surface area contributed by atoms with E-state index in [1.807, 2.05) is 67.7 Å². The van der Waals surface area contributed by atoms with Gasteiger partial charge in [0, 0.05) is 16.4 Å². The number of carbonyl (C=O) groups excluding carboxylic acids is 1. The molecule has 1 atom stereocenters. The normalized spacial score (nSPS) is 15.0. The summed E-state index contributed by atoms with van der Waals surface area (Å²) in [6, 6.07) is 24.2. The second-order valence-corrected chi connectivity index (χ2v) is 8.84. The van der Waals surface area contributed by atoms with Crippen molar-refractivity contribution >= 4 is 27.6 Å². The first-order valence-electron chi connectivity index (χ1n) is 10.4. The zero-order valence-corrected chi connectivity index (χ0v) is 19.0. The van der Waals surface area contributed by atoms with Crippen molar-refractivity contribution in [3.05, 3.63) is 118 Å². The molecule has 1 aliphatic rings. The topological polar surface area (TPSA) is 37.3 Å². The van der Waals surface area contributed by atoms with E-state index in [0.717, 1.165) is 28.1 Å². The van der Waals surface area contributed by atoms with Gasteiger partial charge in [0.1, 0.15) is 5.82 Å². The first-order chi connectivity index (χ1) is 15.5. The molecule has 0 saturated heterocycles. The van der Waals surface area contributed by atoms with Crippen molar-refractivity contribution < 1.29 is 9.18 Å². The quantitative estimate of drug-likeness (QED) is 0.329. The minimum absolute atomic E-state index is 0.147. The largest absolute Gasteiger partial charge is 0.323 e. The summed E-state index contributed by atoms with van der Waals surface area (Å²) in [5, 5.41) is 2.78. The summed E-state index contributed by atoms with van der Waals surface area (Å²) in [5.41, 5.74) is 5.32. The Bertz CT molecular complexity index is 1300. The smallest absolute Gasteiger partial charge is 0.318 e. The van der Waals surface area contributed by atoms with Gasteiger partial charge in [-0.05, 0) is 54.4 Å². The molecule has 2 amide bonds. The molecule has 2 heterocycles. The van der Waals surface area contributed by atoms with Crippen molar-refractivity contribution in [1.82, 2.24) is 9.47 Å². The number of amides is 2. The lowest BCUT2D eigenvalue weighted by molar-refractivity contribution is 0.194. The summed E-state index contributed by atoms with van der Waals surface area (Å²) in [6.45, 7) is 2.43. The zero-order valence-electron chi connectivity index (χ0n) is 17.4. The van der Waals surface area contributed by atoms with Gasteiger partial charge >= 0.3 is 6.03 Å². The number of urea groups is 1. The van der Waals surface area contributed by atoms with Crippen LogP contribution >= 0.6 is 15.9 Å². The van der Waals surface area contributed by atoms with E-state index in [0.29, 0.717) is 11.0 Å². The Labute approximate surface area is 194 Å². The van der Waals surface area contributed by atoms with E-state index in [-0.39, 0.29) is 17.8 Å². The predicted octanol–water partition coefficient (Wildman–Crippen LogP) is 6.82. The number of hydrogen-bond acceptors (Lipinski definition) is 1. The average molecular weight is 490 g/mol. The van der Waals surface area contributed by atoms with Crippen LogP contribution in [-0.4, -0.2) is 15.5 Å². The van der Waals surface area contributed by atoms with E-state index in [2.05, 4.69) is 31.9 Å². The fourth-order valence-corrected chi connectivity index (χ4v) is 4.55. The number of aromatic nitrogens is 1. The molecule has 0 radical (unpaired) electrons. The van der Waals surface area contributed by atoms with E-state index in [4.69, 9.17) is 0 Å². The Morgan fingerprint density at radius 3 is 2.59 bits per heavy atom. The molecule has 1 aromatic heterocycles. The summed E-state index contributed by atoms with van der Waals surface area (Å²) >= 11 is 3.26. The summed E-state index contributed by atoms with van der Waals surface area (Å²) in [6.07, 6.45) is 2.02. The minimum atomic E-state index is -0.488. The van der Waals surface area contributed by atoms with Gasteiger partial charge < -0.3 is 14.8 Å². The maximum atomic E-state index is 14.5. The fourth-order valence-electron chi connectivity index (χ4n) is 4.22. The first-order valence-corrected chi connectivity index (χ1v) is 11.2. The van der Waals surface area contributed by atoms with Crippen LogP contribution in [0.15, 0.2) is 89.5 Å². The van der Waals surface area contributed by atoms with Crippen LogP contribution in [0.5, 0.6) is 0 Å². The molecule has 4 aromatic rings. The first kappa shape index (κ1) is 20.5. The van der Waals surface area contributed by atoms with Crippen LogP contribution in [-0.2, 0) is 6.54 Å². The van der Waals surface area contributed by atoms with E-state index in [9.17, 15) is 9.18 Å². The molecule has 0 unspecified atom stereocenters. The van der Waals surface area contributed by atoms with Gasteiger partial charge in [0.05, 0.1) is 24.0 Å². The zero-order chi connectivity index (χ0) is 22.2. The Hall–Kier alpha value is -3.38. The van der Waals surface area contributed by atoms with Crippen LogP contribution < -0.4 is 5.32 Å². The SMILES string of the molecule is Cc1ccc([C@@H]2c3cccn3-c3ccccc3CN2C(=O)Nc2ccc(Br)cc2F)cc1. The van der Waals surface area contributed by atoms with Gasteiger partial charge in [-0.15, -0.1) is 0 Å². The van der Waals surface area contributed by atoms with Crippen LogP contribution in [0.4, 0.5) is 14.9 Å². The molecule has 0 saturated carbocycles. The monoisotopic (exact) mass is 489 g/mol. The molecule has 1 N–H and O–H groups in total. The van der Waals surface area contributed by atoms with Crippen LogP contribution in [0.25, 0.3) is 5.69 Å². The summed E-state index contributed by atoms with van der Waals surface area (Å²) in [7, 11) is 0. The molecular formula is C26H21BrFN3O. The van der Waals surface area contributed by atoms with Gasteiger partial charge in [-0.25, -0.2) is 9.18 Å². The second kappa shape index (κ2) is 8.28. The molecule has 3 aromatic carbocycles. The molecule has 6 heteroatoms. The third kappa shape index (κ3) is 3.71. The van der Waals surface area contributed by atoms with Gasteiger partial charge in [0.2, 0.25) is 0 Å². The Morgan fingerprint density at radius 1 is 1.03 bits per heavy atom. The number of rotatable bonds is 2. The van der Waals surface area contributed by atoms with Gasteiger partial charge in [0.15, 0.2) is 0 Å². The third-order valence-corrected chi connectivity index (χ3v) is 6.28. The standard InChI is InChI=1S/C26H21BrFN3O/c1-17-8-10-18(11-9-17)25-24-7-4-14-30(24)23-6-3-2-5-19(23)16-31(25)26(32)29-22-13-12-20(27)15-21(22)28/h2-15,25H,16H2,1H3,(H,29,32)/t25-/m1/s1. The molecule has 4 nitrogen and oxygen atoms in total. The van der Waals surface area contributed by atoms with Crippen LogP contribution in [0, 0.1) is 12.7 Å². The van der Waals surface area contributed by atoms with E-state index < -0.39 is 5.82 Å². The maximum absolute atomic E-state index is 14.5. The van der Waals surface area contributed by atoms with Crippen LogP contribution in [0.1, 0.15) is 28.4 Å². The number of nitrogens with one attached hydrogen (secondary N) is 1. The lowest BCUT2D eigenvalue weighted by Crippen LogP contribution is -2.38. The van der Waals surface area contributed by atoms with E-state index in [1.165, 1.54) is 6.07 Å². The van der Waals surface area contributed by atoms with Crippen LogP contribution in [0.2, 0.25) is 0 Å². The molecule has 0 spiro atoms. The number of carbonyl (C=O) groups is 1. The van der Waals surface area contributed by atoms with Crippen molar-refractivity contribution in [2.75, 3.05) is 5.32 Å². The second-order valence-electron chi connectivity index (χ2n) is 7.93. The van der Waals surface area contributed by atoms with Gasteiger partial charge in [-0.3, -0.25) is 0 Å². The molecule has 32 heavy (non-hydrogen) atoms. The molecule has 1 aliphatic heterocycles. The number of hydrogen-bond donors (Lipinski definition) is 1. The number of halogens is 2. The number of aryl methyl sites for hydroxylation is 1. The number of anilines is 1. The lowest BCUT2D eigenvalue weighted by atomic mass is 10.0. The van der Waals surface area contributed by atoms with E-state index >= 15 is 0 Å². The summed E-state index contributed by atoms with van der Waals surface area (Å²) in [5.74, 6) is -0.488. The number of para-hydroxylation sites is 1. The van der Waals surface area contributed by atoms with Gasteiger partial charge in [-0.1, -0.05) is 64.0 Å². The molecule has 0 fully saturated rings. The molecule has 0 aliphatic carbocycles. The molecule has 5 rings (SSSR count). The Morgan fingerprint density at radius 2 is 1.81 bits per heavy atom. The number of fused-ring (bicyclic) bond motifs is 3. The minimum Gasteiger partial charge on any atom is -0.318 e. The molecule has 160 valence electrons. The van der Waals surface area contributed by atoms with Gasteiger partial charge in [-0.2, -0.15) is 0 Å². The highest BCUT2D eigenvalue weighted by atomic mass is 79.9. The van der Waals surface area contributed by atoms with Crippen molar-refractivity contribution in [3.8, 4) is 5.69 Å². The van der Waals surface area contributed by atoms with Crippen molar-refractivity contribution in [2.24, 2.45) is 0 Å². The van der Waals surface area contributed by atoms with Crippen molar-refractivity contribution in [2.45, 2.75) is 19.5 Å². The predicted molar refractivity (Wildman–Crippen MR) is 127 cm³/mol. The van der Waals surface area contributed by atoms with Crippen LogP contribution in [0.3, 0.4) is 0 Å². The third-order valence-electron chi connectivity index (χ3n) is 5.79. The fraction of sp³-hybridized carbons (Fsp3) is 0.115. The number of benzene rings is 3.